The van der Waals surface area contributed by atoms with Gasteiger partial charge in [-0.15, -0.1) is 0 Å². The van der Waals surface area contributed by atoms with E-state index in [0.717, 1.165) is 34.9 Å². The average molecular weight is 406 g/mol. The first-order valence-electron chi connectivity index (χ1n) is 8.93. The van der Waals surface area contributed by atoms with Crippen LogP contribution in [0, 0.1) is 11.7 Å². The normalized spacial score (nSPS) is 17.2. The topological polar surface area (TPSA) is 49.9 Å². The van der Waals surface area contributed by atoms with Crippen LogP contribution in [0.2, 0.25) is 5.02 Å². The van der Waals surface area contributed by atoms with E-state index in [1.54, 1.807) is 12.1 Å². The number of aromatic nitrogens is 1. The predicted octanol–water partition coefficient (Wildman–Crippen LogP) is 5.22. The van der Waals surface area contributed by atoms with Crippen LogP contribution >= 0.6 is 11.6 Å². The summed E-state index contributed by atoms with van der Waals surface area (Å²) in [6, 6.07) is 10.5. The molecule has 3 aromatic rings. The van der Waals surface area contributed by atoms with Crippen LogP contribution in [0.1, 0.15) is 36.5 Å². The lowest BCUT2D eigenvalue weighted by Crippen LogP contribution is -2.27. The van der Waals surface area contributed by atoms with Gasteiger partial charge in [-0.3, -0.25) is 0 Å². The Morgan fingerprint density at radius 3 is 2.59 bits per heavy atom. The monoisotopic (exact) mass is 405 g/mol. The van der Waals surface area contributed by atoms with Crippen molar-refractivity contribution in [2.45, 2.75) is 30.9 Å². The molecule has 0 spiro atoms. The summed E-state index contributed by atoms with van der Waals surface area (Å²) in [6.45, 7) is 2.07. The number of para-hydroxylation sites is 1. The van der Waals surface area contributed by atoms with Gasteiger partial charge in [0.2, 0.25) is 0 Å². The predicted molar refractivity (Wildman–Crippen MR) is 107 cm³/mol. The molecule has 1 aliphatic rings. The maximum absolute atomic E-state index is 14.9. The number of hydrogen-bond donors (Lipinski definition) is 1. The summed E-state index contributed by atoms with van der Waals surface area (Å²) in [4.78, 5) is 3.26. The zero-order valence-corrected chi connectivity index (χ0v) is 16.8. The third-order valence-electron chi connectivity index (χ3n) is 5.66. The third-order valence-corrected chi connectivity index (χ3v) is 6.73. The maximum atomic E-state index is 14.9. The quantitative estimate of drug-likeness (QED) is 0.632. The summed E-state index contributed by atoms with van der Waals surface area (Å²) in [5.74, 6) is 0.00371. The van der Waals surface area contributed by atoms with Gasteiger partial charge in [-0.25, -0.2) is 12.8 Å². The summed E-state index contributed by atoms with van der Waals surface area (Å²) in [5, 5.41) is 1.32. The minimum Gasteiger partial charge on any atom is -0.361 e. The smallest absolute Gasteiger partial charge is 0.151 e. The van der Waals surface area contributed by atoms with E-state index in [4.69, 9.17) is 11.6 Å². The number of nitrogens with one attached hydrogen (secondary N) is 1. The first kappa shape index (κ1) is 18.5. The van der Waals surface area contributed by atoms with Crippen molar-refractivity contribution < 1.29 is 12.8 Å². The van der Waals surface area contributed by atoms with E-state index in [-0.39, 0.29) is 11.6 Å². The first-order chi connectivity index (χ1) is 12.7. The van der Waals surface area contributed by atoms with Crippen molar-refractivity contribution >= 4 is 32.3 Å². The molecule has 6 heteroatoms. The fourth-order valence-electron chi connectivity index (χ4n) is 4.21. The van der Waals surface area contributed by atoms with Crippen LogP contribution < -0.4 is 0 Å². The zero-order valence-electron chi connectivity index (χ0n) is 15.2. The van der Waals surface area contributed by atoms with Crippen LogP contribution in [-0.2, 0) is 21.0 Å². The Morgan fingerprint density at radius 1 is 1.22 bits per heavy atom. The number of hydrogen-bond acceptors (Lipinski definition) is 2. The number of H-pyrrole nitrogens is 1. The van der Waals surface area contributed by atoms with Crippen LogP contribution in [0.4, 0.5) is 4.39 Å². The minimum absolute atomic E-state index is 0.0280. The second-order valence-corrected chi connectivity index (χ2v) is 10.3. The molecule has 0 radical (unpaired) electrons. The molecule has 1 heterocycles. The van der Waals surface area contributed by atoms with Crippen molar-refractivity contribution in [1.82, 2.24) is 4.98 Å². The lowest BCUT2D eigenvalue weighted by atomic mass is 9.72. The molecule has 0 bridgehead atoms. The molecule has 4 rings (SSSR count). The number of sulfone groups is 1. The third kappa shape index (κ3) is 3.27. The van der Waals surface area contributed by atoms with Crippen molar-refractivity contribution in [2.75, 3.05) is 6.26 Å². The standard InChI is InChI=1S/C21H21ClFNO2S/c1-21(14-6-7-14,17-9-8-15(22)10-19(17)23)18-11-24-20-13(12-27(2,25)26)4-3-5-16(18)20/h3-5,8-11,14,24H,6-7,12H2,1-2H3. The molecular formula is C21H21ClFNO2S. The van der Waals surface area contributed by atoms with Crippen molar-refractivity contribution in [3.8, 4) is 0 Å². The Balaban J connectivity index is 1.92. The van der Waals surface area contributed by atoms with Crippen molar-refractivity contribution in [1.29, 1.82) is 0 Å². The van der Waals surface area contributed by atoms with E-state index in [2.05, 4.69) is 11.9 Å². The highest BCUT2D eigenvalue weighted by molar-refractivity contribution is 7.89. The van der Waals surface area contributed by atoms with Gasteiger partial charge in [-0.1, -0.05) is 42.8 Å². The number of fused-ring (bicyclic) bond motifs is 1. The van der Waals surface area contributed by atoms with Gasteiger partial charge in [-0.2, -0.15) is 0 Å². The average Bonchev–Trinajstić information content (AvgIpc) is 3.33. The molecule has 1 aromatic heterocycles. The first-order valence-corrected chi connectivity index (χ1v) is 11.4. The maximum Gasteiger partial charge on any atom is 0.151 e. The molecule has 142 valence electrons. The molecule has 27 heavy (non-hydrogen) atoms. The molecule has 3 nitrogen and oxygen atoms in total. The highest BCUT2D eigenvalue weighted by Crippen LogP contribution is 2.53. The number of halogens is 2. The van der Waals surface area contributed by atoms with Gasteiger partial charge in [0.1, 0.15) is 5.82 Å². The second kappa shape index (κ2) is 6.35. The van der Waals surface area contributed by atoms with Crippen LogP contribution in [-0.4, -0.2) is 19.7 Å². The SMILES string of the molecule is CC(c1ccc(Cl)cc1F)(c1c[nH]c2c(CS(C)(=O)=O)cccc12)C1CC1. The highest BCUT2D eigenvalue weighted by atomic mass is 35.5. The Morgan fingerprint density at radius 2 is 1.96 bits per heavy atom. The second-order valence-electron chi connectivity index (χ2n) is 7.71. The molecule has 1 atom stereocenters. The van der Waals surface area contributed by atoms with Gasteiger partial charge in [0.25, 0.3) is 0 Å². The fraction of sp³-hybridized carbons (Fsp3) is 0.333. The Hall–Kier alpha value is -1.85. The molecule has 2 aromatic carbocycles. The number of rotatable bonds is 5. The molecule has 1 unspecified atom stereocenters. The van der Waals surface area contributed by atoms with Crippen LogP contribution in [0.25, 0.3) is 10.9 Å². The molecule has 1 aliphatic carbocycles. The summed E-state index contributed by atoms with van der Waals surface area (Å²) in [5.41, 5.74) is 2.66. The van der Waals surface area contributed by atoms with E-state index in [0.29, 0.717) is 16.5 Å². The number of benzene rings is 2. The van der Waals surface area contributed by atoms with Gasteiger partial charge in [0, 0.05) is 33.8 Å². The lowest BCUT2D eigenvalue weighted by Gasteiger charge is -2.31. The van der Waals surface area contributed by atoms with Crippen molar-refractivity contribution in [2.24, 2.45) is 5.92 Å². The molecule has 1 fully saturated rings. The van der Waals surface area contributed by atoms with Gasteiger partial charge in [0.15, 0.2) is 9.84 Å². The Kier molecular flexibility index (Phi) is 4.35. The van der Waals surface area contributed by atoms with Gasteiger partial charge >= 0.3 is 0 Å². The van der Waals surface area contributed by atoms with Crippen LogP contribution in [0.3, 0.4) is 0 Å². The molecule has 1 saturated carbocycles. The minimum atomic E-state index is -3.16. The lowest BCUT2D eigenvalue weighted by molar-refractivity contribution is 0.465. The summed E-state index contributed by atoms with van der Waals surface area (Å²) in [7, 11) is -3.16. The van der Waals surface area contributed by atoms with E-state index in [1.165, 1.54) is 12.3 Å². The summed E-state index contributed by atoms with van der Waals surface area (Å²) in [6.07, 6.45) is 5.21. The Bertz CT molecular complexity index is 1130. The zero-order chi connectivity index (χ0) is 19.4. The fourth-order valence-corrected chi connectivity index (χ4v) is 5.17. The Labute approximate surface area is 163 Å². The van der Waals surface area contributed by atoms with E-state index in [1.807, 2.05) is 24.4 Å². The van der Waals surface area contributed by atoms with Crippen LogP contribution in [0.15, 0.2) is 42.6 Å². The van der Waals surface area contributed by atoms with Gasteiger partial charge in [0.05, 0.1) is 5.75 Å². The number of aromatic amines is 1. The van der Waals surface area contributed by atoms with Crippen LogP contribution in [0.5, 0.6) is 0 Å². The molecule has 0 saturated heterocycles. The molecular weight excluding hydrogens is 385 g/mol. The van der Waals surface area contributed by atoms with Crippen molar-refractivity contribution in [3.05, 3.63) is 70.1 Å². The van der Waals surface area contributed by atoms with E-state index >= 15 is 0 Å². The van der Waals surface area contributed by atoms with E-state index < -0.39 is 15.3 Å². The summed E-state index contributed by atoms with van der Waals surface area (Å²) < 4.78 is 38.4. The molecule has 1 N–H and O–H groups in total. The van der Waals surface area contributed by atoms with E-state index in [9.17, 15) is 12.8 Å². The summed E-state index contributed by atoms with van der Waals surface area (Å²) >= 11 is 5.96. The molecule has 0 amide bonds. The highest BCUT2D eigenvalue weighted by Gasteiger charge is 2.46. The van der Waals surface area contributed by atoms with Gasteiger partial charge < -0.3 is 4.98 Å². The van der Waals surface area contributed by atoms with Crippen molar-refractivity contribution in [3.63, 3.8) is 0 Å². The largest absolute Gasteiger partial charge is 0.361 e. The molecule has 0 aliphatic heterocycles. The van der Waals surface area contributed by atoms with Gasteiger partial charge in [-0.05, 0) is 47.6 Å².